The second kappa shape index (κ2) is 10.2. The zero-order valence-corrected chi connectivity index (χ0v) is 17.5. The van der Waals surface area contributed by atoms with Gasteiger partial charge in [-0.3, -0.25) is 4.79 Å². The lowest BCUT2D eigenvalue weighted by atomic mass is 10.2. The summed E-state index contributed by atoms with van der Waals surface area (Å²) in [6, 6.07) is 12.5. The van der Waals surface area contributed by atoms with Crippen molar-refractivity contribution in [2.24, 2.45) is 0 Å². The number of nitrogens with one attached hydrogen (secondary N) is 1. The normalized spacial score (nSPS) is 10.8. The molecule has 0 bridgehead atoms. The molecular formula is C22H20ClF2NO5. The van der Waals surface area contributed by atoms with Gasteiger partial charge in [-0.05, 0) is 61.9 Å². The Labute approximate surface area is 182 Å². The zero-order valence-electron chi connectivity index (χ0n) is 16.8. The number of carbonyl (C=O) groups excluding carboxylic acids is 1. The van der Waals surface area contributed by atoms with E-state index in [1.807, 2.05) is 6.92 Å². The first-order valence-electron chi connectivity index (χ1n) is 9.36. The smallest absolute Gasteiger partial charge is 0.387 e. The van der Waals surface area contributed by atoms with Crippen molar-refractivity contribution in [1.82, 2.24) is 0 Å². The van der Waals surface area contributed by atoms with Crippen LogP contribution in [0.2, 0.25) is 5.02 Å². The molecule has 0 unspecified atom stereocenters. The minimum absolute atomic E-state index is 0.0669. The summed E-state index contributed by atoms with van der Waals surface area (Å²) in [5.41, 5.74) is 1.21. The number of hydrogen-bond acceptors (Lipinski definition) is 5. The van der Waals surface area contributed by atoms with Gasteiger partial charge in [0.2, 0.25) is 0 Å². The Morgan fingerprint density at radius 3 is 2.55 bits per heavy atom. The predicted octanol–water partition coefficient (Wildman–Crippen LogP) is 6.07. The van der Waals surface area contributed by atoms with Gasteiger partial charge >= 0.3 is 6.61 Å². The molecule has 1 N–H and O–H groups in total. The maximum absolute atomic E-state index is 12.5. The van der Waals surface area contributed by atoms with Crippen LogP contribution in [-0.4, -0.2) is 19.1 Å². The van der Waals surface area contributed by atoms with Crippen molar-refractivity contribution >= 4 is 23.2 Å². The van der Waals surface area contributed by atoms with Crippen LogP contribution in [0.4, 0.5) is 14.5 Å². The van der Waals surface area contributed by atoms with Crippen molar-refractivity contribution in [2.45, 2.75) is 27.1 Å². The van der Waals surface area contributed by atoms with Crippen LogP contribution in [0.25, 0.3) is 0 Å². The number of rotatable bonds is 9. The first-order chi connectivity index (χ1) is 14.9. The molecule has 2 aromatic carbocycles. The average molecular weight is 452 g/mol. The molecule has 1 heterocycles. The Hall–Kier alpha value is -3.26. The van der Waals surface area contributed by atoms with Gasteiger partial charge in [0.05, 0.1) is 6.61 Å². The zero-order chi connectivity index (χ0) is 22.4. The maximum Gasteiger partial charge on any atom is 0.387 e. The topological polar surface area (TPSA) is 69.9 Å². The standard InChI is InChI=1S/C22H20ClF2NO5/c1-3-28-20-11-15(5-8-18(20)31-22(24)25)26-21(27)19-9-6-16(30-19)12-29-17-7-4-14(23)10-13(17)2/h4-11,22H,3,12H2,1-2H3,(H,26,27). The third-order valence-corrected chi connectivity index (χ3v) is 4.34. The van der Waals surface area contributed by atoms with E-state index in [2.05, 4.69) is 10.1 Å². The number of halogens is 3. The van der Waals surface area contributed by atoms with E-state index >= 15 is 0 Å². The van der Waals surface area contributed by atoms with E-state index < -0.39 is 12.5 Å². The molecule has 0 atom stereocenters. The molecule has 1 aromatic heterocycles. The molecule has 0 aliphatic carbocycles. The summed E-state index contributed by atoms with van der Waals surface area (Å²) < 4.78 is 46.0. The Morgan fingerprint density at radius 2 is 1.84 bits per heavy atom. The number of amides is 1. The lowest BCUT2D eigenvalue weighted by Crippen LogP contribution is -2.11. The van der Waals surface area contributed by atoms with Gasteiger partial charge in [0.25, 0.3) is 5.91 Å². The lowest BCUT2D eigenvalue weighted by Gasteiger charge is -2.13. The highest BCUT2D eigenvalue weighted by Crippen LogP contribution is 2.32. The van der Waals surface area contributed by atoms with Gasteiger partial charge in [-0.1, -0.05) is 11.6 Å². The summed E-state index contributed by atoms with van der Waals surface area (Å²) in [6.45, 7) is 0.960. The van der Waals surface area contributed by atoms with E-state index in [0.717, 1.165) is 5.56 Å². The molecule has 0 radical (unpaired) electrons. The van der Waals surface area contributed by atoms with Crippen LogP contribution in [0, 0.1) is 6.92 Å². The number of benzene rings is 2. The quantitative estimate of drug-likeness (QED) is 0.427. The molecule has 0 aliphatic heterocycles. The van der Waals surface area contributed by atoms with E-state index in [-0.39, 0.29) is 30.5 Å². The third kappa shape index (κ3) is 6.11. The van der Waals surface area contributed by atoms with E-state index in [9.17, 15) is 13.6 Å². The second-order valence-electron chi connectivity index (χ2n) is 6.39. The van der Waals surface area contributed by atoms with Gasteiger partial charge in [-0.2, -0.15) is 8.78 Å². The van der Waals surface area contributed by atoms with Gasteiger partial charge in [-0.25, -0.2) is 0 Å². The van der Waals surface area contributed by atoms with Crippen LogP contribution in [0.5, 0.6) is 17.2 Å². The van der Waals surface area contributed by atoms with E-state index in [0.29, 0.717) is 22.2 Å². The van der Waals surface area contributed by atoms with Gasteiger partial charge in [0.15, 0.2) is 17.3 Å². The second-order valence-corrected chi connectivity index (χ2v) is 6.83. The minimum atomic E-state index is -2.99. The number of anilines is 1. The predicted molar refractivity (Wildman–Crippen MR) is 111 cm³/mol. The fraction of sp³-hybridized carbons (Fsp3) is 0.227. The van der Waals surface area contributed by atoms with Crippen molar-refractivity contribution in [1.29, 1.82) is 0 Å². The number of alkyl halides is 2. The summed E-state index contributed by atoms with van der Waals surface area (Å²) in [7, 11) is 0. The minimum Gasteiger partial charge on any atom is -0.490 e. The van der Waals surface area contributed by atoms with Crippen LogP contribution in [-0.2, 0) is 6.61 Å². The Kier molecular flexibility index (Phi) is 7.36. The van der Waals surface area contributed by atoms with Crippen molar-refractivity contribution in [3.8, 4) is 17.2 Å². The summed E-state index contributed by atoms with van der Waals surface area (Å²) in [4.78, 5) is 12.5. The SMILES string of the molecule is CCOc1cc(NC(=O)c2ccc(COc3ccc(Cl)cc3C)o2)ccc1OC(F)F. The summed E-state index contributed by atoms with van der Waals surface area (Å²) in [5, 5.41) is 3.24. The summed E-state index contributed by atoms with van der Waals surface area (Å²) >= 11 is 5.93. The maximum atomic E-state index is 12.5. The number of ether oxygens (including phenoxy) is 3. The van der Waals surface area contributed by atoms with Crippen molar-refractivity contribution in [2.75, 3.05) is 11.9 Å². The largest absolute Gasteiger partial charge is 0.490 e. The van der Waals surface area contributed by atoms with Crippen LogP contribution < -0.4 is 19.5 Å². The number of hydrogen-bond donors (Lipinski definition) is 1. The fourth-order valence-corrected chi connectivity index (χ4v) is 2.97. The Balaban J connectivity index is 1.64. The molecule has 3 aromatic rings. The van der Waals surface area contributed by atoms with Gasteiger partial charge in [0, 0.05) is 16.8 Å². The van der Waals surface area contributed by atoms with Crippen LogP contribution in [0.15, 0.2) is 52.9 Å². The van der Waals surface area contributed by atoms with Gasteiger partial charge < -0.3 is 23.9 Å². The monoisotopic (exact) mass is 451 g/mol. The van der Waals surface area contributed by atoms with E-state index in [1.165, 1.54) is 24.3 Å². The number of carbonyl (C=O) groups is 1. The Morgan fingerprint density at radius 1 is 1.06 bits per heavy atom. The molecule has 164 valence electrons. The Bertz CT molecular complexity index is 1050. The van der Waals surface area contributed by atoms with Crippen molar-refractivity contribution in [3.05, 3.63) is 70.6 Å². The van der Waals surface area contributed by atoms with Gasteiger partial charge in [0.1, 0.15) is 18.1 Å². The highest BCUT2D eigenvalue weighted by atomic mass is 35.5. The van der Waals surface area contributed by atoms with Crippen LogP contribution in [0.3, 0.4) is 0 Å². The average Bonchev–Trinajstić information content (AvgIpc) is 3.18. The van der Waals surface area contributed by atoms with E-state index in [4.69, 9.17) is 25.5 Å². The highest BCUT2D eigenvalue weighted by Gasteiger charge is 2.15. The summed E-state index contributed by atoms with van der Waals surface area (Å²) in [6.07, 6.45) is 0. The molecule has 0 saturated carbocycles. The lowest BCUT2D eigenvalue weighted by molar-refractivity contribution is -0.0514. The molecule has 31 heavy (non-hydrogen) atoms. The van der Waals surface area contributed by atoms with Gasteiger partial charge in [-0.15, -0.1) is 0 Å². The molecule has 6 nitrogen and oxygen atoms in total. The summed E-state index contributed by atoms with van der Waals surface area (Å²) in [5.74, 6) is 0.630. The molecule has 0 spiro atoms. The van der Waals surface area contributed by atoms with Crippen LogP contribution >= 0.6 is 11.6 Å². The third-order valence-electron chi connectivity index (χ3n) is 4.11. The van der Waals surface area contributed by atoms with Crippen molar-refractivity contribution < 1.29 is 32.2 Å². The number of aryl methyl sites for hydroxylation is 1. The molecule has 9 heteroatoms. The van der Waals surface area contributed by atoms with Crippen LogP contribution in [0.1, 0.15) is 28.8 Å². The van der Waals surface area contributed by atoms with E-state index in [1.54, 1.807) is 31.2 Å². The first kappa shape index (κ1) is 22.4. The first-order valence-corrected chi connectivity index (χ1v) is 9.74. The van der Waals surface area contributed by atoms with Crippen molar-refractivity contribution in [3.63, 3.8) is 0 Å². The molecule has 0 fully saturated rings. The molecule has 0 aliphatic rings. The number of furan rings is 1. The molecule has 3 rings (SSSR count). The molecule has 0 saturated heterocycles. The highest BCUT2D eigenvalue weighted by molar-refractivity contribution is 6.30. The molecule has 1 amide bonds. The fourth-order valence-electron chi connectivity index (χ4n) is 2.74. The molecular weight excluding hydrogens is 432 g/mol.